The SMILES string of the molecule is COC(=O)COc1cc(-c2ccc(OC)cc2)nc2ccc(NC(=O)c3ccc(OC)cc3)cc12. The van der Waals surface area contributed by atoms with Crippen molar-refractivity contribution in [3.8, 4) is 28.5 Å². The van der Waals surface area contributed by atoms with Crippen LogP contribution in [0.3, 0.4) is 0 Å². The van der Waals surface area contributed by atoms with E-state index in [1.165, 1.54) is 7.11 Å². The molecule has 1 N–H and O–H groups in total. The number of amides is 1. The number of esters is 1. The minimum atomic E-state index is -0.509. The maximum atomic E-state index is 12.7. The Balaban J connectivity index is 1.68. The van der Waals surface area contributed by atoms with E-state index in [4.69, 9.17) is 23.9 Å². The van der Waals surface area contributed by atoms with Crippen LogP contribution in [-0.4, -0.2) is 44.8 Å². The molecule has 1 amide bonds. The highest BCUT2D eigenvalue weighted by Gasteiger charge is 2.13. The topological polar surface area (TPSA) is 96.0 Å². The van der Waals surface area contributed by atoms with Crippen molar-refractivity contribution in [3.05, 3.63) is 78.4 Å². The zero-order chi connectivity index (χ0) is 24.8. The summed E-state index contributed by atoms with van der Waals surface area (Å²) in [5.74, 6) is 1.05. The fourth-order valence-corrected chi connectivity index (χ4v) is 3.44. The van der Waals surface area contributed by atoms with Crippen LogP contribution in [0.25, 0.3) is 22.2 Å². The summed E-state index contributed by atoms with van der Waals surface area (Å²) in [7, 11) is 4.47. The minimum absolute atomic E-state index is 0.264. The molecule has 0 aliphatic rings. The number of ether oxygens (including phenoxy) is 4. The van der Waals surface area contributed by atoms with Gasteiger partial charge in [-0.25, -0.2) is 9.78 Å². The standard InChI is InChI=1S/C27H24N2O6/c1-32-20-9-4-17(5-10-20)24-15-25(35-16-26(30)34-3)22-14-19(8-13-23(22)29-24)28-27(31)18-6-11-21(33-2)12-7-18/h4-15H,16H2,1-3H3,(H,28,31). The fourth-order valence-electron chi connectivity index (χ4n) is 3.44. The number of hydrogen-bond acceptors (Lipinski definition) is 7. The molecule has 0 saturated heterocycles. The second kappa shape index (κ2) is 10.6. The van der Waals surface area contributed by atoms with Crippen LogP contribution in [0, 0.1) is 0 Å². The minimum Gasteiger partial charge on any atom is -0.497 e. The average molecular weight is 472 g/mol. The van der Waals surface area contributed by atoms with Crippen LogP contribution < -0.4 is 19.5 Å². The molecule has 1 heterocycles. The smallest absolute Gasteiger partial charge is 0.343 e. The summed E-state index contributed by atoms with van der Waals surface area (Å²) in [5, 5.41) is 3.52. The van der Waals surface area contributed by atoms with E-state index in [1.807, 2.05) is 24.3 Å². The zero-order valence-corrected chi connectivity index (χ0v) is 19.5. The molecule has 0 radical (unpaired) electrons. The zero-order valence-electron chi connectivity index (χ0n) is 19.5. The first-order valence-electron chi connectivity index (χ1n) is 10.7. The Kier molecular flexibility index (Phi) is 7.11. The molecule has 0 saturated carbocycles. The highest BCUT2D eigenvalue weighted by atomic mass is 16.6. The molecule has 8 nitrogen and oxygen atoms in total. The van der Waals surface area contributed by atoms with Gasteiger partial charge in [0.25, 0.3) is 5.91 Å². The van der Waals surface area contributed by atoms with Gasteiger partial charge >= 0.3 is 5.97 Å². The number of aromatic nitrogens is 1. The number of benzene rings is 3. The second-order valence-electron chi connectivity index (χ2n) is 7.51. The van der Waals surface area contributed by atoms with Crippen molar-refractivity contribution in [2.45, 2.75) is 0 Å². The Labute approximate surface area is 202 Å². The number of carbonyl (C=O) groups excluding carboxylic acids is 2. The van der Waals surface area contributed by atoms with Crippen LogP contribution in [0.4, 0.5) is 5.69 Å². The first kappa shape index (κ1) is 23.6. The maximum absolute atomic E-state index is 12.7. The van der Waals surface area contributed by atoms with E-state index in [1.54, 1.807) is 62.8 Å². The van der Waals surface area contributed by atoms with Crippen molar-refractivity contribution in [3.63, 3.8) is 0 Å². The molecular formula is C27H24N2O6. The van der Waals surface area contributed by atoms with Gasteiger partial charge in [-0.2, -0.15) is 0 Å². The largest absolute Gasteiger partial charge is 0.497 e. The number of nitrogens with zero attached hydrogens (tertiary/aromatic N) is 1. The lowest BCUT2D eigenvalue weighted by Gasteiger charge is -2.13. The molecule has 0 aliphatic heterocycles. The van der Waals surface area contributed by atoms with E-state index >= 15 is 0 Å². The van der Waals surface area contributed by atoms with Crippen LogP contribution in [0.5, 0.6) is 17.2 Å². The molecule has 178 valence electrons. The van der Waals surface area contributed by atoms with Crippen molar-refractivity contribution in [1.82, 2.24) is 4.98 Å². The molecule has 35 heavy (non-hydrogen) atoms. The summed E-state index contributed by atoms with van der Waals surface area (Å²) in [6, 6.07) is 21.3. The number of rotatable bonds is 8. The average Bonchev–Trinajstić information content (AvgIpc) is 2.91. The van der Waals surface area contributed by atoms with Crippen molar-refractivity contribution >= 4 is 28.5 Å². The van der Waals surface area contributed by atoms with Crippen LogP contribution in [-0.2, 0) is 9.53 Å². The molecule has 4 aromatic rings. The van der Waals surface area contributed by atoms with Gasteiger partial charge in [-0.15, -0.1) is 0 Å². The predicted molar refractivity (Wildman–Crippen MR) is 132 cm³/mol. The van der Waals surface area contributed by atoms with E-state index in [-0.39, 0.29) is 12.5 Å². The van der Waals surface area contributed by atoms with Gasteiger partial charge in [0.15, 0.2) is 6.61 Å². The van der Waals surface area contributed by atoms with Crippen LogP contribution in [0.2, 0.25) is 0 Å². The molecule has 0 unspecified atom stereocenters. The summed E-state index contributed by atoms with van der Waals surface area (Å²) in [5.41, 5.74) is 3.20. The third-order valence-corrected chi connectivity index (χ3v) is 5.34. The summed E-state index contributed by atoms with van der Waals surface area (Å²) >= 11 is 0. The maximum Gasteiger partial charge on any atom is 0.343 e. The Morgan fingerprint density at radius 2 is 1.49 bits per heavy atom. The molecule has 0 fully saturated rings. The number of fused-ring (bicyclic) bond motifs is 1. The fraction of sp³-hybridized carbons (Fsp3) is 0.148. The van der Waals surface area contributed by atoms with E-state index in [0.29, 0.717) is 39.3 Å². The number of anilines is 1. The van der Waals surface area contributed by atoms with Gasteiger partial charge in [0.05, 0.1) is 32.5 Å². The van der Waals surface area contributed by atoms with Crippen LogP contribution in [0.1, 0.15) is 10.4 Å². The van der Waals surface area contributed by atoms with Gasteiger partial charge in [0, 0.05) is 28.3 Å². The number of methoxy groups -OCH3 is 3. The normalized spacial score (nSPS) is 10.5. The molecule has 8 heteroatoms. The van der Waals surface area contributed by atoms with Crippen molar-refractivity contribution < 1.29 is 28.5 Å². The summed E-state index contributed by atoms with van der Waals surface area (Å²) < 4.78 is 20.9. The Bertz CT molecular complexity index is 1350. The van der Waals surface area contributed by atoms with Gasteiger partial charge in [0.2, 0.25) is 0 Å². The van der Waals surface area contributed by atoms with Crippen LogP contribution in [0.15, 0.2) is 72.8 Å². The summed E-state index contributed by atoms with van der Waals surface area (Å²) in [4.78, 5) is 29.2. The van der Waals surface area contributed by atoms with E-state index < -0.39 is 5.97 Å². The Hall–Kier alpha value is -4.59. The van der Waals surface area contributed by atoms with Gasteiger partial charge < -0.3 is 24.3 Å². The molecule has 0 atom stereocenters. The number of pyridine rings is 1. The number of nitrogens with one attached hydrogen (secondary N) is 1. The summed E-state index contributed by atoms with van der Waals surface area (Å²) in [6.45, 7) is -0.264. The van der Waals surface area contributed by atoms with E-state index in [0.717, 1.165) is 11.3 Å². The first-order valence-corrected chi connectivity index (χ1v) is 10.7. The van der Waals surface area contributed by atoms with Gasteiger partial charge in [-0.1, -0.05) is 0 Å². The molecule has 3 aromatic carbocycles. The lowest BCUT2D eigenvalue weighted by Crippen LogP contribution is -2.13. The highest BCUT2D eigenvalue weighted by molar-refractivity contribution is 6.05. The monoisotopic (exact) mass is 472 g/mol. The van der Waals surface area contributed by atoms with Gasteiger partial charge in [-0.3, -0.25) is 4.79 Å². The first-order chi connectivity index (χ1) is 17.0. The number of carbonyl (C=O) groups is 2. The highest BCUT2D eigenvalue weighted by Crippen LogP contribution is 2.33. The lowest BCUT2D eigenvalue weighted by atomic mass is 10.1. The third kappa shape index (κ3) is 5.50. The molecule has 0 aliphatic carbocycles. The Morgan fingerprint density at radius 1 is 0.829 bits per heavy atom. The molecular weight excluding hydrogens is 448 g/mol. The number of hydrogen-bond donors (Lipinski definition) is 1. The third-order valence-electron chi connectivity index (χ3n) is 5.34. The van der Waals surface area contributed by atoms with Crippen LogP contribution >= 0.6 is 0 Å². The van der Waals surface area contributed by atoms with Gasteiger partial charge in [0.1, 0.15) is 17.2 Å². The van der Waals surface area contributed by atoms with E-state index in [2.05, 4.69) is 5.32 Å². The molecule has 0 bridgehead atoms. The second-order valence-corrected chi connectivity index (χ2v) is 7.51. The van der Waals surface area contributed by atoms with Crippen molar-refractivity contribution in [2.75, 3.05) is 33.3 Å². The quantitative estimate of drug-likeness (QED) is 0.371. The van der Waals surface area contributed by atoms with Crippen molar-refractivity contribution in [1.29, 1.82) is 0 Å². The molecule has 0 spiro atoms. The Morgan fingerprint density at radius 3 is 2.11 bits per heavy atom. The summed E-state index contributed by atoms with van der Waals surface area (Å²) in [6.07, 6.45) is 0. The van der Waals surface area contributed by atoms with Gasteiger partial charge in [-0.05, 0) is 66.7 Å². The predicted octanol–water partition coefficient (Wildman–Crippen LogP) is 4.72. The lowest BCUT2D eigenvalue weighted by molar-refractivity contribution is -0.142. The van der Waals surface area contributed by atoms with E-state index in [9.17, 15) is 9.59 Å². The molecule has 4 rings (SSSR count). The van der Waals surface area contributed by atoms with Crippen molar-refractivity contribution in [2.24, 2.45) is 0 Å². The molecule has 1 aromatic heterocycles.